The van der Waals surface area contributed by atoms with Crippen molar-refractivity contribution in [2.75, 3.05) is 0 Å². The van der Waals surface area contributed by atoms with Gasteiger partial charge in [0.25, 0.3) is 0 Å². The van der Waals surface area contributed by atoms with E-state index < -0.39 is 0 Å². The molecule has 1 heterocycles. The van der Waals surface area contributed by atoms with Crippen LogP contribution >= 0.6 is 0 Å². The third-order valence-corrected chi connectivity index (χ3v) is 5.18. The highest BCUT2D eigenvalue weighted by Gasteiger charge is 2.14. The van der Waals surface area contributed by atoms with Gasteiger partial charge < -0.3 is 0 Å². The number of benzene rings is 3. The summed E-state index contributed by atoms with van der Waals surface area (Å²) in [6, 6.07) is 21.6. The number of hydrogen-bond acceptors (Lipinski definition) is 1. The van der Waals surface area contributed by atoms with Crippen LogP contribution in [-0.2, 0) is 0 Å². The number of pyridine rings is 1. The van der Waals surface area contributed by atoms with Gasteiger partial charge in [-0.05, 0) is 34.8 Å². The Kier molecular flexibility index (Phi) is 3.21. The Bertz CT molecular complexity index is 1170. The van der Waals surface area contributed by atoms with Crippen molar-refractivity contribution in [2.24, 2.45) is 5.92 Å². The van der Waals surface area contributed by atoms with Crippen LogP contribution in [0.3, 0.4) is 0 Å². The molecule has 120 valence electrons. The van der Waals surface area contributed by atoms with Crippen LogP contribution in [0.25, 0.3) is 38.0 Å². The molecule has 0 saturated heterocycles. The number of nitrogens with zero attached hydrogens (tertiary/aromatic N) is 1. The molecule has 0 aliphatic heterocycles. The van der Waals surface area contributed by atoms with Gasteiger partial charge >= 0.3 is 0 Å². The first-order valence-electron chi connectivity index (χ1n) is 8.90. The maximum atomic E-state index is 5.04. The van der Waals surface area contributed by atoms with Gasteiger partial charge in [0.1, 0.15) is 0 Å². The molecule has 4 aromatic rings. The molecule has 0 fully saturated rings. The lowest BCUT2D eigenvalue weighted by atomic mass is 9.91. The number of allylic oxidation sites excluding steroid dienone is 4. The van der Waals surface area contributed by atoms with Crippen LogP contribution in [0.15, 0.2) is 78.9 Å². The second-order valence-corrected chi connectivity index (χ2v) is 6.92. The molecule has 1 aliphatic rings. The third-order valence-electron chi connectivity index (χ3n) is 5.18. The van der Waals surface area contributed by atoms with Crippen molar-refractivity contribution < 1.29 is 0 Å². The Balaban J connectivity index is 1.95. The fourth-order valence-electron chi connectivity index (χ4n) is 3.85. The summed E-state index contributed by atoms with van der Waals surface area (Å²) in [6.07, 6.45) is 7.94. The predicted octanol–water partition coefficient (Wildman–Crippen LogP) is 6.52. The minimum atomic E-state index is 0.608. The molecule has 0 radical (unpaired) electrons. The highest BCUT2D eigenvalue weighted by Crippen LogP contribution is 2.36. The number of aromatic nitrogens is 1. The average molecular weight is 321 g/mol. The van der Waals surface area contributed by atoms with Gasteiger partial charge in [0.05, 0.1) is 11.2 Å². The minimum Gasteiger partial charge on any atom is -0.247 e. The summed E-state index contributed by atoms with van der Waals surface area (Å²) in [6.45, 7) is 2.25. The van der Waals surface area contributed by atoms with Crippen molar-refractivity contribution >= 4 is 38.0 Å². The molecule has 0 spiro atoms. The molecule has 1 nitrogen and oxygen atoms in total. The van der Waals surface area contributed by atoms with Gasteiger partial charge in [-0.25, -0.2) is 4.98 Å². The normalized spacial score (nSPS) is 17.3. The maximum absolute atomic E-state index is 5.04. The van der Waals surface area contributed by atoms with Crippen LogP contribution in [-0.4, -0.2) is 4.98 Å². The van der Waals surface area contributed by atoms with Gasteiger partial charge in [-0.15, -0.1) is 0 Å². The van der Waals surface area contributed by atoms with Crippen molar-refractivity contribution in [3.63, 3.8) is 0 Å². The summed E-state index contributed by atoms with van der Waals surface area (Å²) in [7, 11) is 0. The van der Waals surface area contributed by atoms with E-state index >= 15 is 0 Å². The summed E-state index contributed by atoms with van der Waals surface area (Å²) >= 11 is 0. The molecule has 0 N–H and O–H groups in total. The summed E-state index contributed by atoms with van der Waals surface area (Å²) < 4.78 is 0. The number of para-hydroxylation sites is 1. The van der Waals surface area contributed by atoms with Crippen LogP contribution in [0.5, 0.6) is 0 Å². The second kappa shape index (κ2) is 5.56. The van der Waals surface area contributed by atoms with Crippen LogP contribution < -0.4 is 0 Å². The standard InChI is InChI=1S/C24H19N/c1-16-10-12-18(13-11-16)24-21-15-14-17-6-2-3-7-19(17)23(21)20-8-4-5-9-22(20)25-24/h2-10,12-16H,11H2,1H3. The van der Waals surface area contributed by atoms with Crippen LogP contribution in [0.1, 0.15) is 19.0 Å². The van der Waals surface area contributed by atoms with E-state index in [0.29, 0.717) is 5.92 Å². The molecular weight excluding hydrogens is 302 g/mol. The molecule has 1 aromatic heterocycles. The van der Waals surface area contributed by atoms with Crippen molar-refractivity contribution in [1.29, 1.82) is 0 Å². The Morgan fingerprint density at radius 3 is 2.48 bits per heavy atom. The van der Waals surface area contributed by atoms with Crippen LogP contribution in [0.4, 0.5) is 0 Å². The van der Waals surface area contributed by atoms with Crippen molar-refractivity contribution in [3.05, 3.63) is 84.6 Å². The lowest BCUT2D eigenvalue weighted by Gasteiger charge is -2.16. The largest absolute Gasteiger partial charge is 0.247 e. The van der Waals surface area contributed by atoms with E-state index in [1.54, 1.807) is 0 Å². The SMILES string of the molecule is CC1C=CC(c2nc3ccccc3c3c2ccc2ccccc23)=CC1. The first-order valence-corrected chi connectivity index (χ1v) is 8.90. The second-order valence-electron chi connectivity index (χ2n) is 6.92. The lowest BCUT2D eigenvalue weighted by molar-refractivity contribution is 0.739. The third kappa shape index (κ3) is 2.27. The van der Waals surface area contributed by atoms with Gasteiger partial charge in [-0.2, -0.15) is 0 Å². The van der Waals surface area contributed by atoms with Crippen molar-refractivity contribution in [1.82, 2.24) is 4.98 Å². The van der Waals surface area contributed by atoms with Crippen molar-refractivity contribution in [3.8, 4) is 0 Å². The highest BCUT2D eigenvalue weighted by molar-refractivity contribution is 6.21. The fourth-order valence-corrected chi connectivity index (χ4v) is 3.85. The van der Waals surface area contributed by atoms with E-state index in [-0.39, 0.29) is 0 Å². The van der Waals surface area contributed by atoms with E-state index in [1.165, 1.54) is 32.5 Å². The summed E-state index contributed by atoms with van der Waals surface area (Å²) in [5.41, 5.74) is 3.40. The van der Waals surface area contributed by atoms with Gasteiger partial charge in [0.15, 0.2) is 0 Å². The van der Waals surface area contributed by atoms with Gasteiger partial charge in [-0.1, -0.05) is 79.7 Å². The van der Waals surface area contributed by atoms with E-state index in [4.69, 9.17) is 4.98 Å². The molecule has 3 aromatic carbocycles. The zero-order valence-electron chi connectivity index (χ0n) is 14.2. The van der Waals surface area contributed by atoms with Crippen LogP contribution in [0.2, 0.25) is 0 Å². The molecule has 25 heavy (non-hydrogen) atoms. The maximum Gasteiger partial charge on any atom is 0.0784 e. The Labute approximate surface area is 147 Å². The van der Waals surface area contributed by atoms with E-state index in [0.717, 1.165) is 17.6 Å². The molecule has 5 rings (SSSR count). The van der Waals surface area contributed by atoms with Crippen molar-refractivity contribution in [2.45, 2.75) is 13.3 Å². The monoisotopic (exact) mass is 321 g/mol. The molecule has 0 bridgehead atoms. The Hall–Kier alpha value is -2.93. The topological polar surface area (TPSA) is 12.9 Å². The Morgan fingerprint density at radius 2 is 1.64 bits per heavy atom. The average Bonchev–Trinajstić information content (AvgIpc) is 2.67. The molecule has 1 heteroatoms. The smallest absolute Gasteiger partial charge is 0.0784 e. The van der Waals surface area contributed by atoms with Crippen LogP contribution in [0, 0.1) is 5.92 Å². The number of hydrogen-bond donors (Lipinski definition) is 0. The summed E-state index contributed by atoms with van der Waals surface area (Å²) in [4.78, 5) is 5.04. The lowest BCUT2D eigenvalue weighted by Crippen LogP contribution is -1.98. The fraction of sp³-hybridized carbons (Fsp3) is 0.125. The molecule has 1 aliphatic carbocycles. The van der Waals surface area contributed by atoms with Gasteiger partial charge in [0.2, 0.25) is 0 Å². The molecule has 0 saturated carbocycles. The zero-order chi connectivity index (χ0) is 16.8. The first-order chi connectivity index (χ1) is 12.3. The highest BCUT2D eigenvalue weighted by atomic mass is 14.7. The number of rotatable bonds is 1. The predicted molar refractivity (Wildman–Crippen MR) is 108 cm³/mol. The van der Waals surface area contributed by atoms with E-state index in [9.17, 15) is 0 Å². The molecule has 1 unspecified atom stereocenters. The van der Waals surface area contributed by atoms with E-state index in [2.05, 4.69) is 85.8 Å². The minimum absolute atomic E-state index is 0.608. The summed E-state index contributed by atoms with van der Waals surface area (Å²) in [5, 5.41) is 6.36. The zero-order valence-corrected chi connectivity index (χ0v) is 14.2. The summed E-state index contributed by atoms with van der Waals surface area (Å²) in [5.74, 6) is 0.608. The van der Waals surface area contributed by atoms with Gasteiger partial charge in [-0.3, -0.25) is 0 Å². The van der Waals surface area contributed by atoms with E-state index in [1.807, 2.05) is 0 Å². The Morgan fingerprint density at radius 1 is 0.840 bits per heavy atom. The number of fused-ring (bicyclic) bond motifs is 5. The quantitative estimate of drug-likeness (QED) is 0.364. The first kappa shape index (κ1) is 14.4. The molecule has 1 atom stereocenters. The molecular formula is C24H19N. The molecule has 0 amide bonds. The van der Waals surface area contributed by atoms with Gasteiger partial charge in [0, 0.05) is 16.2 Å².